The van der Waals surface area contributed by atoms with Gasteiger partial charge in [0, 0.05) is 26.3 Å². The number of halogens is 7. The number of unbranched alkanes of at least 4 members (excludes halogenated alkanes) is 1. The number of nitrogens with zero attached hydrogens (tertiary/aromatic N) is 12. The molecule has 0 spiro atoms. The summed E-state index contributed by atoms with van der Waals surface area (Å²) in [7, 11) is 0. The van der Waals surface area contributed by atoms with Crippen molar-refractivity contribution in [1.82, 2.24) is 74.3 Å². The third-order valence-corrected chi connectivity index (χ3v) is 11.3. The Labute approximate surface area is 413 Å². The van der Waals surface area contributed by atoms with Crippen LogP contribution in [-0.2, 0) is 6.54 Å². The van der Waals surface area contributed by atoms with Crippen LogP contribution in [-0.4, -0.2) is 74.3 Å². The Hall–Kier alpha value is -4.55. The summed E-state index contributed by atoms with van der Waals surface area (Å²) in [5, 5.41) is 3.50. The van der Waals surface area contributed by atoms with E-state index in [-0.39, 0.29) is 0 Å². The lowest BCUT2D eigenvalue weighted by molar-refractivity contribution is 0.615. The summed E-state index contributed by atoms with van der Waals surface area (Å²) in [6, 6.07) is 10.3. The number of aryl methyl sites for hydroxylation is 1. The third-order valence-electron chi connectivity index (χ3n) is 7.50. The Morgan fingerprint density at radius 3 is 1.76 bits per heavy atom. The van der Waals surface area contributed by atoms with Crippen LogP contribution in [0.1, 0.15) is 12.8 Å². The molecule has 0 radical (unpaired) electrons. The van der Waals surface area contributed by atoms with E-state index in [0.717, 1.165) is 19.8 Å². The van der Waals surface area contributed by atoms with Gasteiger partial charge < -0.3 is 36.7 Å². The van der Waals surface area contributed by atoms with Crippen LogP contribution >= 0.6 is 128 Å². The number of rotatable bonds is 7. The molecule has 28 heteroatoms. The van der Waals surface area contributed by atoms with Crippen LogP contribution in [0.25, 0.3) is 33.5 Å². The zero-order valence-corrected chi connectivity index (χ0v) is 40.5. The number of pyridine rings is 3. The fourth-order valence-corrected chi connectivity index (χ4v) is 9.58. The quantitative estimate of drug-likeness (QED) is 0.0285. The fourth-order valence-electron chi connectivity index (χ4n) is 4.95. The van der Waals surface area contributed by atoms with E-state index in [9.17, 15) is 0 Å². The van der Waals surface area contributed by atoms with Crippen molar-refractivity contribution in [2.24, 2.45) is 0 Å². The maximum atomic E-state index is 5.96. The number of fused-ring (bicyclic) bond motifs is 3. The fraction of sp³-hybridized carbons (Fsp3) is 0.0857. The van der Waals surface area contributed by atoms with Crippen LogP contribution in [0.15, 0.2) is 75.5 Å². The molecule has 0 fully saturated rings. The molecule has 0 atom stereocenters. The van der Waals surface area contributed by atoms with Gasteiger partial charge in [-0.2, -0.15) is 0 Å². The number of nitrogens with two attached hydrogens (primary N) is 3. The van der Waals surface area contributed by atoms with Crippen LogP contribution in [0, 0.1) is 20.7 Å². The molecule has 0 bridgehead atoms. The van der Waals surface area contributed by atoms with Crippen molar-refractivity contribution < 1.29 is 0 Å². The van der Waals surface area contributed by atoms with Crippen molar-refractivity contribution in [2.45, 2.75) is 39.5 Å². The van der Waals surface area contributed by atoms with Gasteiger partial charge in [0.2, 0.25) is 0 Å². The zero-order chi connectivity index (χ0) is 45.2. The molecule has 0 saturated heterocycles. The molecule has 9 heterocycles. The summed E-state index contributed by atoms with van der Waals surface area (Å²) < 4.78 is 3.47. The summed E-state index contributed by atoms with van der Waals surface area (Å²) in [4.78, 5) is 54.7. The first-order valence-corrected chi connectivity index (χ1v) is 22.6. The molecule has 322 valence electrons. The Balaban J connectivity index is 0.000000150. The largest absolute Gasteiger partial charge is 0.382 e. The second-order valence-electron chi connectivity index (χ2n) is 11.9. The van der Waals surface area contributed by atoms with E-state index in [2.05, 4.69) is 98.3 Å². The highest BCUT2D eigenvalue weighted by Gasteiger charge is 2.16. The maximum absolute atomic E-state index is 5.96. The minimum absolute atomic E-state index is 0.319. The Morgan fingerprint density at radius 1 is 0.651 bits per heavy atom. The molecule has 9 aromatic heterocycles. The van der Waals surface area contributed by atoms with Crippen molar-refractivity contribution in [2.75, 3.05) is 17.2 Å². The number of aromatic amines is 3. The highest BCUT2D eigenvalue weighted by molar-refractivity contribution is 14.1. The summed E-state index contributed by atoms with van der Waals surface area (Å²) in [6.45, 7) is 0.673. The predicted molar refractivity (Wildman–Crippen MR) is 261 cm³/mol. The van der Waals surface area contributed by atoms with Crippen LogP contribution in [0.2, 0.25) is 30.9 Å². The van der Waals surface area contributed by atoms with Crippen molar-refractivity contribution in [3.63, 3.8) is 0 Å². The van der Waals surface area contributed by atoms with Crippen LogP contribution in [0.5, 0.6) is 0 Å². The van der Waals surface area contributed by atoms with Crippen molar-refractivity contribution in [3.8, 4) is 12.3 Å². The average Bonchev–Trinajstić information content (AvgIpc) is 3.90. The third kappa shape index (κ3) is 13.5. The molecule has 9 aromatic rings. The number of nitrogens with one attached hydrogen (secondary N) is 3. The molecule has 0 aliphatic carbocycles. The smallest absolute Gasteiger partial charge is 0.183 e. The lowest BCUT2D eigenvalue weighted by Gasteiger charge is -2.07. The van der Waals surface area contributed by atoms with Gasteiger partial charge in [0.25, 0.3) is 0 Å². The number of terminal acetylenes is 1. The molecule has 0 aliphatic rings. The number of nitrogen functional groups attached to an aromatic ring is 3. The monoisotopic (exact) mass is 1130 g/mol. The molecule has 0 saturated carbocycles. The topological polar surface area (TPSA) is 272 Å². The van der Waals surface area contributed by atoms with Crippen molar-refractivity contribution in [1.29, 1.82) is 0 Å². The molecule has 0 amide bonds. The minimum atomic E-state index is 0.319. The number of aromatic nitrogens is 15. The molecule has 0 unspecified atom stereocenters. The van der Waals surface area contributed by atoms with Gasteiger partial charge in [0.1, 0.15) is 60.9 Å². The molecule has 9 N–H and O–H groups in total. The van der Waals surface area contributed by atoms with E-state index in [1.807, 2.05) is 4.57 Å². The molecule has 63 heavy (non-hydrogen) atoms. The van der Waals surface area contributed by atoms with Gasteiger partial charge in [-0.15, -0.1) is 12.3 Å². The maximum Gasteiger partial charge on any atom is 0.183 e. The Kier molecular flexibility index (Phi) is 17.0. The molecule has 0 aromatic carbocycles. The normalized spacial score (nSPS) is 10.7. The van der Waals surface area contributed by atoms with E-state index in [0.29, 0.717) is 110 Å². The van der Waals surface area contributed by atoms with Crippen LogP contribution in [0.3, 0.4) is 0 Å². The van der Waals surface area contributed by atoms with E-state index in [4.69, 9.17) is 105 Å². The Morgan fingerprint density at radius 2 is 1.19 bits per heavy atom. The summed E-state index contributed by atoms with van der Waals surface area (Å²) in [6.07, 6.45) is 11.0. The lowest BCUT2D eigenvalue weighted by atomic mass is 10.3. The molecule has 9 rings (SSSR count). The van der Waals surface area contributed by atoms with Gasteiger partial charge in [-0.25, -0.2) is 54.8 Å². The van der Waals surface area contributed by atoms with Crippen LogP contribution in [0.4, 0.5) is 17.5 Å². The second-order valence-corrected chi connectivity index (χ2v) is 18.0. The first-order chi connectivity index (χ1) is 30.1. The molecular weight excluding hydrogens is 1110 g/mol. The highest BCUT2D eigenvalue weighted by atomic mass is 127. The number of anilines is 3. The average molecular weight is 1130 g/mol. The van der Waals surface area contributed by atoms with Crippen LogP contribution < -0.4 is 17.2 Å². The van der Waals surface area contributed by atoms with Gasteiger partial charge in [-0.05, 0) is 77.6 Å². The number of hydrogen-bond acceptors (Lipinski definition) is 17. The number of imidazole rings is 3. The van der Waals surface area contributed by atoms with E-state index in [1.165, 1.54) is 42.5 Å². The lowest BCUT2D eigenvalue weighted by Crippen LogP contribution is -2.01. The van der Waals surface area contributed by atoms with E-state index in [1.54, 1.807) is 36.4 Å². The summed E-state index contributed by atoms with van der Waals surface area (Å²) >= 11 is 44.4. The SMILES string of the molecule is C#CCCCn1c(Sc2cc(Cl)nc(Cl)c2)nc2c(N)ncnc21.Clc1cc(I)cc(Cl)n1.Nc1ncnc2[nH]c(=S)[nH]c12.Nc1ncnc2nc(Sc3cc(Cl)nc(Cl)c3)[nH]c12. The van der Waals surface area contributed by atoms with Crippen molar-refractivity contribution >= 4 is 179 Å². The first kappa shape index (κ1) is 47.9. The van der Waals surface area contributed by atoms with Gasteiger partial charge in [-0.3, -0.25) is 0 Å². The standard InChI is InChI=1S/C15H12Cl2N6S.C10H6Cl2N6S.C5H2Cl2IN.C5H5N5S/c1-2-3-4-5-23-14-12(13(18)19-8-20-14)22-15(23)24-9-6-10(16)21-11(17)7-9;11-5-1-4(2-6(12)16-5)19-10-17-7-8(13)14-3-15-9(7)18-10;6-4-1-3(8)2-5(7)9-4;6-3-2-4(8-1-7-3)10-5(11)9-2/h1,6-8H,3-5H2,(H2,18,19,20);1-3H,(H3,13,14,15,17,18);1-2H;1H,(H4,6,7,8,9,10,11). The molecular formula is C35H25Cl6IN18S3. The predicted octanol–water partition coefficient (Wildman–Crippen LogP) is 10.1. The first-order valence-electron chi connectivity index (χ1n) is 17.2. The van der Waals surface area contributed by atoms with Gasteiger partial charge in [0.15, 0.2) is 55.0 Å². The summed E-state index contributed by atoms with van der Waals surface area (Å²) in [5.74, 6) is 3.73. The zero-order valence-electron chi connectivity index (χ0n) is 31.4. The summed E-state index contributed by atoms with van der Waals surface area (Å²) in [5.41, 5.74) is 20.8. The van der Waals surface area contributed by atoms with Crippen molar-refractivity contribution in [3.05, 3.63) is 94.6 Å². The molecule has 18 nitrogen and oxygen atoms in total. The van der Waals surface area contributed by atoms with Gasteiger partial charge >= 0.3 is 0 Å². The molecule has 0 aliphatic heterocycles. The van der Waals surface area contributed by atoms with E-state index < -0.39 is 0 Å². The minimum Gasteiger partial charge on any atom is -0.382 e. The Bertz CT molecular complexity index is 3070. The number of H-pyrrole nitrogens is 3. The second kappa shape index (κ2) is 22.4. The van der Waals surface area contributed by atoms with Gasteiger partial charge in [0.05, 0.1) is 0 Å². The van der Waals surface area contributed by atoms with E-state index >= 15 is 0 Å². The number of hydrogen-bond donors (Lipinski definition) is 6. The highest BCUT2D eigenvalue weighted by Crippen LogP contribution is 2.34. The van der Waals surface area contributed by atoms with Gasteiger partial charge in [-0.1, -0.05) is 93.1 Å².